The first-order valence-corrected chi connectivity index (χ1v) is 7.19. The van der Waals surface area contributed by atoms with Gasteiger partial charge in [0.2, 0.25) is 5.96 Å². The van der Waals surface area contributed by atoms with Crippen molar-refractivity contribution in [2.24, 2.45) is 4.99 Å². The normalized spacial score (nSPS) is 15.2. The maximum Gasteiger partial charge on any atom is 0.206 e. The van der Waals surface area contributed by atoms with Crippen LogP contribution < -0.4 is 14.8 Å². The first-order chi connectivity index (χ1) is 9.78. The van der Waals surface area contributed by atoms with Gasteiger partial charge in [0.05, 0.1) is 15.6 Å². The Morgan fingerprint density at radius 3 is 2.70 bits per heavy atom. The van der Waals surface area contributed by atoms with Gasteiger partial charge < -0.3 is 10.1 Å². The van der Waals surface area contributed by atoms with Crippen LogP contribution >= 0.6 is 23.5 Å². The molecule has 2 aromatic carbocycles. The maximum absolute atomic E-state index is 6.13. The molecule has 0 saturated heterocycles. The number of rotatable bonds is 2. The molecule has 0 spiro atoms. The minimum absolute atomic E-state index is 0.580. The molecule has 1 aliphatic heterocycles. The maximum atomic E-state index is 6.13. The molecule has 4 nitrogen and oxygen atoms in total. The molecule has 3 rings (SSSR count). The van der Waals surface area contributed by atoms with Crippen molar-refractivity contribution in [1.82, 2.24) is 4.72 Å². The molecule has 1 aliphatic rings. The molecule has 0 aliphatic carbocycles. The van der Waals surface area contributed by atoms with Gasteiger partial charge in [0.15, 0.2) is 5.75 Å². The van der Waals surface area contributed by atoms with E-state index in [0.717, 1.165) is 10.6 Å². The van der Waals surface area contributed by atoms with Crippen LogP contribution in [0.2, 0.25) is 5.02 Å². The van der Waals surface area contributed by atoms with E-state index in [0.29, 0.717) is 22.5 Å². The van der Waals surface area contributed by atoms with Gasteiger partial charge >= 0.3 is 0 Å². The molecule has 0 amide bonds. The average molecular weight is 306 g/mol. The number of hydrogen-bond donors (Lipinski definition) is 2. The SMILES string of the molecule is CN=C1NSc2cccc(Oc3ccccc3Cl)c2N1. The second-order valence-electron chi connectivity index (χ2n) is 4.06. The lowest BCUT2D eigenvalue weighted by Crippen LogP contribution is -2.29. The summed E-state index contributed by atoms with van der Waals surface area (Å²) in [4.78, 5) is 5.15. The number of guanidine groups is 1. The number of aliphatic imine (C=N–C) groups is 1. The Hall–Kier alpha value is -1.85. The molecular weight excluding hydrogens is 294 g/mol. The zero-order chi connectivity index (χ0) is 13.9. The summed E-state index contributed by atoms with van der Waals surface area (Å²) in [5, 5.41) is 3.78. The summed E-state index contributed by atoms with van der Waals surface area (Å²) in [6.45, 7) is 0. The van der Waals surface area contributed by atoms with Crippen LogP contribution in [0, 0.1) is 0 Å². The van der Waals surface area contributed by atoms with E-state index in [4.69, 9.17) is 16.3 Å². The molecule has 0 aromatic heterocycles. The second kappa shape index (κ2) is 5.64. The molecule has 102 valence electrons. The monoisotopic (exact) mass is 305 g/mol. The highest BCUT2D eigenvalue weighted by Gasteiger charge is 2.18. The fourth-order valence-electron chi connectivity index (χ4n) is 1.80. The summed E-state index contributed by atoms with van der Waals surface area (Å²) in [5.41, 5.74) is 0.886. The smallest absolute Gasteiger partial charge is 0.206 e. The molecule has 20 heavy (non-hydrogen) atoms. The molecule has 6 heteroatoms. The van der Waals surface area contributed by atoms with Gasteiger partial charge in [-0.3, -0.25) is 9.71 Å². The van der Waals surface area contributed by atoms with Crippen LogP contribution in [0.3, 0.4) is 0 Å². The Balaban J connectivity index is 1.97. The molecule has 0 fully saturated rings. The second-order valence-corrected chi connectivity index (χ2v) is 5.32. The van der Waals surface area contributed by atoms with Crippen molar-refractivity contribution in [2.45, 2.75) is 4.90 Å². The van der Waals surface area contributed by atoms with Gasteiger partial charge in [-0.25, -0.2) is 0 Å². The van der Waals surface area contributed by atoms with Crippen LogP contribution in [0.25, 0.3) is 0 Å². The molecule has 0 atom stereocenters. The Morgan fingerprint density at radius 2 is 1.90 bits per heavy atom. The van der Waals surface area contributed by atoms with Crippen LogP contribution in [-0.4, -0.2) is 13.0 Å². The van der Waals surface area contributed by atoms with Gasteiger partial charge in [-0.05, 0) is 36.2 Å². The fourth-order valence-corrected chi connectivity index (χ4v) is 2.72. The molecule has 0 unspecified atom stereocenters. The summed E-state index contributed by atoms with van der Waals surface area (Å²) in [6.07, 6.45) is 0. The molecule has 1 heterocycles. The molecule has 0 radical (unpaired) electrons. The highest BCUT2D eigenvalue weighted by atomic mass is 35.5. The molecule has 0 bridgehead atoms. The predicted octanol–water partition coefficient (Wildman–Crippen LogP) is 4.14. The third-order valence-corrected chi connectivity index (χ3v) is 3.94. The zero-order valence-corrected chi connectivity index (χ0v) is 12.3. The first-order valence-electron chi connectivity index (χ1n) is 6.00. The van der Waals surface area contributed by atoms with Crippen LogP contribution in [-0.2, 0) is 0 Å². The number of nitrogens with zero attached hydrogens (tertiary/aromatic N) is 1. The summed E-state index contributed by atoms with van der Waals surface area (Å²) in [7, 11) is 1.72. The third-order valence-electron chi connectivity index (χ3n) is 2.77. The van der Waals surface area contributed by atoms with Gasteiger partial charge in [0.1, 0.15) is 5.75 Å². The van der Waals surface area contributed by atoms with E-state index in [-0.39, 0.29) is 0 Å². The minimum atomic E-state index is 0.580. The molecule has 2 N–H and O–H groups in total. The van der Waals surface area contributed by atoms with Crippen molar-refractivity contribution in [3.8, 4) is 11.5 Å². The predicted molar refractivity (Wildman–Crippen MR) is 83.9 cm³/mol. The van der Waals surface area contributed by atoms with Crippen molar-refractivity contribution in [2.75, 3.05) is 12.4 Å². The lowest BCUT2D eigenvalue weighted by molar-refractivity contribution is 0.484. The average Bonchev–Trinajstić information content (AvgIpc) is 2.49. The highest BCUT2D eigenvalue weighted by molar-refractivity contribution is 7.98. The quantitative estimate of drug-likeness (QED) is 0.819. The van der Waals surface area contributed by atoms with E-state index in [1.807, 2.05) is 36.4 Å². The van der Waals surface area contributed by atoms with E-state index in [1.165, 1.54) is 11.9 Å². The van der Waals surface area contributed by atoms with Crippen molar-refractivity contribution in [1.29, 1.82) is 0 Å². The first kappa shape index (κ1) is 13.1. The van der Waals surface area contributed by atoms with Crippen LogP contribution in [0.5, 0.6) is 11.5 Å². The van der Waals surface area contributed by atoms with E-state index in [1.54, 1.807) is 13.1 Å². The number of ether oxygens (including phenoxy) is 1. The van der Waals surface area contributed by atoms with Crippen molar-refractivity contribution < 1.29 is 4.74 Å². The van der Waals surface area contributed by atoms with Crippen LogP contribution in [0.15, 0.2) is 52.4 Å². The topological polar surface area (TPSA) is 45.7 Å². The number of benzene rings is 2. The lowest BCUT2D eigenvalue weighted by Gasteiger charge is -2.22. The van der Waals surface area contributed by atoms with Gasteiger partial charge in [-0.2, -0.15) is 0 Å². The standard InChI is InChI=1S/C14H12ClN3OS/c1-16-14-17-13-11(7-4-8-12(13)20-18-14)19-10-6-3-2-5-9(10)15/h2-8H,1H3,(H2,16,17,18). The summed E-state index contributed by atoms with van der Waals surface area (Å²) in [5.74, 6) is 2.03. The Morgan fingerprint density at radius 1 is 1.10 bits per heavy atom. The fraction of sp³-hybridized carbons (Fsp3) is 0.0714. The Labute approximate surface area is 126 Å². The Bertz CT molecular complexity index is 675. The van der Waals surface area contributed by atoms with E-state index in [9.17, 15) is 0 Å². The largest absolute Gasteiger partial charge is 0.454 e. The van der Waals surface area contributed by atoms with Gasteiger partial charge in [-0.15, -0.1) is 0 Å². The Kier molecular flexibility index (Phi) is 3.71. The van der Waals surface area contributed by atoms with E-state index >= 15 is 0 Å². The number of hydrogen-bond acceptors (Lipinski definition) is 3. The number of para-hydroxylation sites is 2. The van der Waals surface area contributed by atoms with Gasteiger partial charge in [0.25, 0.3) is 0 Å². The van der Waals surface area contributed by atoms with Gasteiger partial charge in [-0.1, -0.05) is 29.8 Å². The van der Waals surface area contributed by atoms with Crippen LogP contribution in [0.1, 0.15) is 0 Å². The minimum Gasteiger partial charge on any atom is -0.454 e. The van der Waals surface area contributed by atoms with Crippen molar-refractivity contribution in [3.63, 3.8) is 0 Å². The van der Waals surface area contributed by atoms with Crippen molar-refractivity contribution in [3.05, 3.63) is 47.5 Å². The molecule has 0 saturated carbocycles. The number of nitrogens with one attached hydrogen (secondary N) is 2. The number of anilines is 1. The van der Waals surface area contributed by atoms with E-state index < -0.39 is 0 Å². The zero-order valence-electron chi connectivity index (χ0n) is 10.7. The summed E-state index contributed by atoms with van der Waals surface area (Å²) in [6, 6.07) is 13.2. The lowest BCUT2D eigenvalue weighted by atomic mass is 10.3. The van der Waals surface area contributed by atoms with Crippen LogP contribution in [0.4, 0.5) is 5.69 Å². The highest BCUT2D eigenvalue weighted by Crippen LogP contribution is 2.40. The van der Waals surface area contributed by atoms with Gasteiger partial charge in [0, 0.05) is 7.05 Å². The number of fused-ring (bicyclic) bond motifs is 1. The van der Waals surface area contributed by atoms with E-state index in [2.05, 4.69) is 15.0 Å². The summed E-state index contributed by atoms with van der Waals surface area (Å²) < 4.78 is 9.01. The molecular formula is C14H12ClN3OS. The third kappa shape index (κ3) is 2.55. The van der Waals surface area contributed by atoms with Crippen molar-refractivity contribution >= 4 is 35.2 Å². The molecule has 2 aromatic rings. The number of halogens is 1. The summed E-state index contributed by atoms with van der Waals surface area (Å²) >= 11 is 7.62.